The molecule has 0 radical (unpaired) electrons. The highest BCUT2D eigenvalue weighted by molar-refractivity contribution is 7.15. The van der Waals surface area contributed by atoms with Gasteiger partial charge in [0, 0.05) is 30.6 Å². The molecule has 3 aromatic rings. The van der Waals surface area contributed by atoms with Crippen LogP contribution in [0.5, 0.6) is 5.75 Å². The zero-order valence-corrected chi connectivity index (χ0v) is 17.6. The van der Waals surface area contributed by atoms with Gasteiger partial charge in [0.1, 0.15) is 10.8 Å². The fraction of sp³-hybridized carbons (Fsp3) is 0.273. The molecule has 1 unspecified atom stereocenters. The molecule has 4 rings (SSSR count). The van der Waals surface area contributed by atoms with Crippen LogP contribution in [-0.4, -0.2) is 35.7 Å². The number of carbonyl (C=O) groups is 2. The summed E-state index contributed by atoms with van der Waals surface area (Å²) in [5.74, 6) is 0.116. The number of methoxy groups -OCH3 is 1. The van der Waals surface area contributed by atoms with Gasteiger partial charge in [-0.1, -0.05) is 47.2 Å². The van der Waals surface area contributed by atoms with Crippen molar-refractivity contribution in [2.24, 2.45) is 5.92 Å². The van der Waals surface area contributed by atoms with Gasteiger partial charge in [-0.2, -0.15) is 0 Å². The predicted octanol–water partition coefficient (Wildman–Crippen LogP) is 3.44. The van der Waals surface area contributed by atoms with Crippen LogP contribution in [0.15, 0.2) is 48.5 Å². The van der Waals surface area contributed by atoms with Gasteiger partial charge in [-0.3, -0.25) is 9.59 Å². The maximum Gasteiger partial charge on any atom is 0.231 e. The second kappa shape index (κ2) is 8.62. The lowest BCUT2D eigenvalue weighted by Crippen LogP contribution is -2.28. The minimum atomic E-state index is -0.416. The van der Waals surface area contributed by atoms with Crippen molar-refractivity contribution >= 4 is 34.0 Å². The van der Waals surface area contributed by atoms with E-state index in [9.17, 15) is 9.59 Å². The molecule has 1 fully saturated rings. The maximum atomic E-state index is 12.7. The lowest BCUT2D eigenvalue weighted by Gasteiger charge is -2.16. The summed E-state index contributed by atoms with van der Waals surface area (Å²) in [6.07, 6.45) is 0.757. The van der Waals surface area contributed by atoms with Crippen LogP contribution >= 0.6 is 11.3 Å². The molecule has 0 aliphatic carbocycles. The summed E-state index contributed by atoms with van der Waals surface area (Å²) >= 11 is 1.33. The molecule has 1 atom stereocenters. The first-order valence-electron chi connectivity index (χ1n) is 9.65. The molecule has 0 saturated carbocycles. The number of para-hydroxylation sites is 1. The van der Waals surface area contributed by atoms with E-state index in [4.69, 9.17) is 4.74 Å². The number of nitrogens with zero attached hydrogens (tertiary/aromatic N) is 3. The van der Waals surface area contributed by atoms with Gasteiger partial charge in [-0.05, 0) is 25.1 Å². The molecule has 30 heavy (non-hydrogen) atoms. The maximum absolute atomic E-state index is 12.7. The Kier molecular flexibility index (Phi) is 5.76. The van der Waals surface area contributed by atoms with E-state index in [0.29, 0.717) is 18.1 Å². The van der Waals surface area contributed by atoms with Crippen LogP contribution in [0.4, 0.5) is 10.8 Å². The summed E-state index contributed by atoms with van der Waals surface area (Å²) in [5.41, 5.74) is 2.94. The number of nitrogens with one attached hydrogen (secondary N) is 1. The Bertz CT molecular complexity index is 1060. The van der Waals surface area contributed by atoms with Gasteiger partial charge in [-0.25, -0.2) is 0 Å². The number of ether oxygens (including phenoxy) is 1. The molecule has 154 valence electrons. The van der Waals surface area contributed by atoms with Crippen LogP contribution in [0.3, 0.4) is 0 Å². The summed E-state index contributed by atoms with van der Waals surface area (Å²) < 4.78 is 5.37. The number of amides is 2. The highest BCUT2D eigenvalue weighted by atomic mass is 32.1. The average molecular weight is 423 g/mol. The van der Waals surface area contributed by atoms with E-state index in [2.05, 4.69) is 15.5 Å². The molecule has 0 bridgehead atoms. The predicted molar refractivity (Wildman–Crippen MR) is 116 cm³/mol. The Labute approximate surface area is 178 Å². The summed E-state index contributed by atoms with van der Waals surface area (Å²) in [7, 11) is 1.63. The van der Waals surface area contributed by atoms with Crippen LogP contribution in [0, 0.1) is 12.8 Å². The third kappa shape index (κ3) is 4.33. The Balaban J connectivity index is 1.39. The van der Waals surface area contributed by atoms with Crippen LogP contribution in [0.2, 0.25) is 0 Å². The highest BCUT2D eigenvalue weighted by Crippen LogP contribution is 2.28. The highest BCUT2D eigenvalue weighted by Gasteiger charge is 2.35. The molecular weight excluding hydrogens is 400 g/mol. The molecule has 2 heterocycles. The van der Waals surface area contributed by atoms with Crippen molar-refractivity contribution in [3.8, 4) is 5.75 Å². The summed E-state index contributed by atoms with van der Waals surface area (Å²) in [6.45, 7) is 2.36. The van der Waals surface area contributed by atoms with Crippen LogP contribution in [0.25, 0.3) is 0 Å². The molecule has 2 aromatic carbocycles. The molecule has 1 saturated heterocycles. The SMILES string of the molecule is COc1ccccc1Cc1nnc(NC(=O)C2CC(=O)N(c3ccc(C)cc3)C2)s1. The van der Waals surface area contributed by atoms with Crippen molar-refractivity contribution in [1.29, 1.82) is 0 Å². The number of aromatic nitrogens is 2. The number of carbonyl (C=O) groups excluding carboxylic acids is 2. The minimum absolute atomic E-state index is 0.0480. The smallest absolute Gasteiger partial charge is 0.231 e. The summed E-state index contributed by atoms with van der Waals surface area (Å²) in [5, 5.41) is 12.3. The number of aryl methyl sites for hydroxylation is 1. The van der Waals surface area contributed by atoms with Crippen molar-refractivity contribution in [3.05, 3.63) is 64.7 Å². The van der Waals surface area contributed by atoms with Gasteiger partial charge in [-0.15, -0.1) is 10.2 Å². The number of anilines is 2. The quantitative estimate of drug-likeness (QED) is 0.658. The van der Waals surface area contributed by atoms with Gasteiger partial charge < -0.3 is 15.0 Å². The molecule has 1 aromatic heterocycles. The fourth-order valence-corrected chi connectivity index (χ4v) is 4.22. The second-order valence-corrected chi connectivity index (χ2v) is 8.28. The molecule has 1 aliphatic rings. The Morgan fingerprint density at radius 2 is 1.97 bits per heavy atom. The first-order chi connectivity index (χ1) is 14.5. The average Bonchev–Trinajstić information content (AvgIpc) is 3.35. The van der Waals surface area contributed by atoms with Crippen LogP contribution < -0.4 is 15.0 Å². The van der Waals surface area contributed by atoms with E-state index in [1.807, 2.05) is 55.5 Å². The normalized spacial score (nSPS) is 16.0. The standard InChI is InChI=1S/C22H22N4O3S/c1-14-7-9-17(10-8-14)26-13-16(12-20(26)27)21(28)23-22-25-24-19(30-22)11-15-5-3-4-6-18(15)29-2/h3-10,16H,11-13H2,1-2H3,(H,23,25,28). The van der Waals surface area contributed by atoms with Crippen molar-refractivity contribution in [1.82, 2.24) is 10.2 Å². The molecule has 2 amide bonds. The zero-order valence-electron chi connectivity index (χ0n) is 16.8. The third-order valence-electron chi connectivity index (χ3n) is 5.07. The molecule has 8 heteroatoms. The van der Waals surface area contributed by atoms with Gasteiger partial charge in [0.15, 0.2) is 0 Å². The van der Waals surface area contributed by atoms with Gasteiger partial charge in [0.2, 0.25) is 16.9 Å². The number of rotatable bonds is 6. The van der Waals surface area contributed by atoms with E-state index < -0.39 is 5.92 Å². The fourth-order valence-electron chi connectivity index (χ4n) is 3.45. The van der Waals surface area contributed by atoms with E-state index in [1.54, 1.807) is 12.0 Å². The number of benzene rings is 2. The number of hydrogen-bond donors (Lipinski definition) is 1. The Morgan fingerprint density at radius 3 is 2.73 bits per heavy atom. The first kappa shape index (κ1) is 20.0. The first-order valence-corrected chi connectivity index (χ1v) is 10.5. The van der Waals surface area contributed by atoms with Crippen molar-refractivity contribution in [2.45, 2.75) is 19.8 Å². The topological polar surface area (TPSA) is 84.4 Å². The van der Waals surface area contributed by atoms with Gasteiger partial charge in [0.25, 0.3) is 0 Å². The molecular formula is C22H22N4O3S. The zero-order chi connectivity index (χ0) is 21.1. The van der Waals surface area contributed by atoms with Crippen LogP contribution in [-0.2, 0) is 16.0 Å². The lowest BCUT2D eigenvalue weighted by molar-refractivity contribution is -0.122. The Hall–Kier alpha value is -3.26. The van der Waals surface area contributed by atoms with E-state index in [0.717, 1.165) is 27.6 Å². The van der Waals surface area contributed by atoms with Crippen molar-refractivity contribution < 1.29 is 14.3 Å². The van der Waals surface area contributed by atoms with Gasteiger partial charge >= 0.3 is 0 Å². The summed E-state index contributed by atoms with van der Waals surface area (Å²) in [4.78, 5) is 26.8. The van der Waals surface area contributed by atoms with E-state index >= 15 is 0 Å². The summed E-state index contributed by atoms with van der Waals surface area (Å²) in [6, 6.07) is 15.5. The number of hydrogen-bond acceptors (Lipinski definition) is 6. The molecule has 0 spiro atoms. The van der Waals surface area contributed by atoms with E-state index in [-0.39, 0.29) is 18.2 Å². The van der Waals surface area contributed by atoms with Crippen molar-refractivity contribution in [2.75, 3.05) is 23.9 Å². The third-order valence-corrected chi connectivity index (χ3v) is 5.91. The molecule has 1 N–H and O–H groups in total. The van der Waals surface area contributed by atoms with E-state index in [1.165, 1.54) is 11.3 Å². The van der Waals surface area contributed by atoms with Gasteiger partial charge in [0.05, 0.1) is 13.0 Å². The minimum Gasteiger partial charge on any atom is -0.496 e. The molecule has 1 aliphatic heterocycles. The Morgan fingerprint density at radius 1 is 1.20 bits per heavy atom. The van der Waals surface area contributed by atoms with Crippen molar-refractivity contribution in [3.63, 3.8) is 0 Å². The lowest BCUT2D eigenvalue weighted by atomic mass is 10.1. The second-order valence-electron chi connectivity index (χ2n) is 7.22. The molecule has 7 nitrogen and oxygen atoms in total. The largest absolute Gasteiger partial charge is 0.496 e. The monoisotopic (exact) mass is 422 g/mol. The van der Waals surface area contributed by atoms with Crippen LogP contribution in [0.1, 0.15) is 22.6 Å².